The van der Waals surface area contributed by atoms with Gasteiger partial charge in [-0.2, -0.15) is 4.98 Å². The normalized spacial score (nSPS) is 11.8. The topological polar surface area (TPSA) is 124 Å². The molecule has 8 nitrogen and oxygen atoms in total. The van der Waals surface area contributed by atoms with Gasteiger partial charge in [0.05, 0.1) is 16.2 Å². The van der Waals surface area contributed by atoms with Gasteiger partial charge < -0.3 is 16.0 Å². The second kappa shape index (κ2) is 7.43. The van der Waals surface area contributed by atoms with Crippen LogP contribution in [0.3, 0.4) is 0 Å². The van der Waals surface area contributed by atoms with Crippen molar-refractivity contribution in [1.82, 2.24) is 20.4 Å². The fourth-order valence-electron chi connectivity index (χ4n) is 2.21. The average molecular weight is 364 g/mol. The molecule has 130 valence electrons. The smallest absolute Gasteiger partial charge is 0.202 e. The Morgan fingerprint density at radius 2 is 2.24 bits per heavy atom. The predicted octanol–water partition coefficient (Wildman–Crippen LogP) is 2.18. The Kier molecular flexibility index (Phi) is 5.08. The predicted molar refractivity (Wildman–Crippen MR) is 94.0 cm³/mol. The van der Waals surface area contributed by atoms with Crippen molar-refractivity contribution in [1.29, 1.82) is 0 Å². The summed E-state index contributed by atoms with van der Waals surface area (Å²) in [5, 5.41) is 12.5. The number of imidazole rings is 1. The average Bonchev–Trinajstić information content (AvgIpc) is 3.04. The second-order valence-electron chi connectivity index (χ2n) is 5.03. The number of halogens is 2. The van der Waals surface area contributed by atoms with Gasteiger partial charge in [-0.15, -0.1) is 0 Å². The van der Waals surface area contributed by atoms with E-state index in [9.17, 15) is 9.60 Å². The summed E-state index contributed by atoms with van der Waals surface area (Å²) >= 11 is 5.76. The number of nitrogens with one attached hydrogen (secondary N) is 3. The molecule has 0 amide bonds. The molecule has 0 spiro atoms. The number of pyridine rings is 1. The van der Waals surface area contributed by atoms with Crippen molar-refractivity contribution < 1.29 is 9.60 Å². The van der Waals surface area contributed by atoms with Crippen LogP contribution < -0.4 is 16.5 Å². The largest absolute Gasteiger partial charge is 0.354 e. The number of hydrogen-bond acceptors (Lipinski definition) is 6. The van der Waals surface area contributed by atoms with Gasteiger partial charge in [-0.3, -0.25) is 10.7 Å². The summed E-state index contributed by atoms with van der Waals surface area (Å²) in [6.45, 7) is 0.996. The van der Waals surface area contributed by atoms with Crippen molar-refractivity contribution >= 4 is 40.2 Å². The molecule has 10 heteroatoms. The van der Waals surface area contributed by atoms with Gasteiger partial charge in [0.25, 0.3) is 0 Å². The number of hydrogen-bond donors (Lipinski definition) is 5. The third kappa shape index (κ3) is 3.68. The fraction of sp³-hybridized carbons (Fsp3) is 0.133. The number of amidine groups is 1. The summed E-state index contributed by atoms with van der Waals surface area (Å²) in [5.41, 5.74) is 9.41. The Bertz CT molecular complexity index is 927. The Morgan fingerprint density at radius 1 is 1.40 bits per heavy atom. The number of rotatable bonds is 5. The Balaban J connectivity index is 2.03. The van der Waals surface area contributed by atoms with Crippen molar-refractivity contribution in [2.24, 2.45) is 10.7 Å². The van der Waals surface area contributed by atoms with Crippen molar-refractivity contribution in [3.63, 3.8) is 0 Å². The summed E-state index contributed by atoms with van der Waals surface area (Å²) in [6.07, 6.45) is 1.54. The highest BCUT2D eigenvalue weighted by molar-refractivity contribution is 6.31. The number of benzene rings is 1. The van der Waals surface area contributed by atoms with Gasteiger partial charge in [0.15, 0.2) is 11.5 Å². The van der Waals surface area contributed by atoms with Crippen LogP contribution in [0.4, 0.5) is 16.0 Å². The minimum atomic E-state index is -0.547. The molecular weight excluding hydrogens is 349 g/mol. The van der Waals surface area contributed by atoms with Crippen molar-refractivity contribution in [2.45, 2.75) is 0 Å². The van der Waals surface area contributed by atoms with E-state index in [1.165, 1.54) is 24.4 Å². The van der Waals surface area contributed by atoms with Gasteiger partial charge in [-0.1, -0.05) is 11.6 Å². The molecule has 0 unspecified atom stereocenters. The van der Waals surface area contributed by atoms with Crippen LogP contribution in [0.1, 0.15) is 5.56 Å². The Labute approximate surface area is 146 Å². The third-order valence-electron chi connectivity index (χ3n) is 3.33. The van der Waals surface area contributed by atoms with Crippen LogP contribution in [-0.4, -0.2) is 39.1 Å². The number of aromatic amines is 1. The van der Waals surface area contributed by atoms with Gasteiger partial charge in [0, 0.05) is 24.8 Å². The lowest BCUT2D eigenvalue weighted by Crippen LogP contribution is -2.20. The van der Waals surface area contributed by atoms with Crippen LogP contribution in [0.2, 0.25) is 5.02 Å². The van der Waals surface area contributed by atoms with Crippen LogP contribution >= 0.6 is 11.6 Å². The van der Waals surface area contributed by atoms with Gasteiger partial charge in [-0.05, 0) is 24.3 Å². The van der Waals surface area contributed by atoms with E-state index in [0.29, 0.717) is 41.5 Å². The van der Waals surface area contributed by atoms with Crippen molar-refractivity contribution in [3.8, 4) is 0 Å². The van der Waals surface area contributed by atoms with Gasteiger partial charge >= 0.3 is 0 Å². The van der Waals surface area contributed by atoms with Crippen LogP contribution in [0.15, 0.2) is 35.5 Å². The van der Waals surface area contributed by atoms with Crippen LogP contribution in [0.5, 0.6) is 0 Å². The highest BCUT2D eigenvalue weighted by Crippen LogP contribution is 2.23. The number of fused-ring (bicyclic) bond motifs is 1. The van der Waals surface area contributed by atoms with Gasteiger partial charge in [0.2, 0.25) is 5.95 Å². The molecule has 0 saturated heterocycles. The van der Waals surface area contributed by atoms with Crippen LogP contribution in [0, 0.1) is 5.82 Å². The van der Waals surface area contributed by atoms with E-state index in [1.54, 1.807) is 6.07 Å². The zero-order chi connectivity index (χ0) is 17.8. The molecule has 25 heavy (non-hydrogen) atoms. The first kappa shape index (κ1) is 17.1. The lowest BCUT2D eigenvalue weighted by atomic mass is 10.2. The molecule has 0 aliphatic rings. The summed E-state index contributed by atoms with van der Waals surface area (Å²) in [7, 11) is 0. The van der Waals surface area contributed by atoms with Crippen LogP contribution in [-0.2, 0) is 0 Å². The summed E-state index contributed by atoms with van der Waals surface area (Å²) in [5.74, 6) is 0.0845. The molecule has 0 aliphatic heterocycles. The molecule has 6 N–H and O–H groups in total. The van der Waals surface area contributed by atoms with E-state index >= 15 is 0 Å². The molecule has 0 atom stereocenters. The summed E-state index contributed by atoms with van der Waals surface area (Å²) in [4.78, 5) is 15.8. The van der Waals surface area contributed by atoms with E-state index in [0.717, 1.165) is 0 Å². The lowest BCUT2D eigenvalue weighted by Gasteiger charge is -2.06. The van der Waals surface area contributed by atoms with E-state index in [4.69, 9.17) is 17.3 Å². The highest BCUT2D eigenvalue weighted by atomic mass is 35.5. The molecule has 1 aromatic carbocycles. The lowest BCUT2D eigenvalue weighted by molar-refractivity contribution is 0.235. The molecule has 0 saturated carbocycles. The van der Waals surface area contributed by atoms with Crippen LogP contribution in [0.25, 0.3) is 11.2 Å². The molecule has 0 radical (unpaired) electrons. The maximum absolute atomic E-state index is 13.3. The SMILES string of the molecule is NCCNc1nc2nccc(C(=Nc3ccc(F)c(Cl)c3)NO)c2[nH]1. The maximum atomic E-state index is 13.3. The summed E-state index contributed by atoms with van der Waals surface area (Å²) in [6, 6.07) is 5.65. The molecule has 0 fully saturated rings. The number of nitrogens with zero attached hydrogens (tertiary/aromatic N) is 3. The highest BCUT2D eigenvalue weighted by Gasteiger charge is 2.13. The number of nitrogens with two attached hydrogens (primary N) is 1. The zero-order valence-corrected chi connectivity index (χ0v) is 13.7. The minimum Gasteiger partial charge on any atom is -0.354 e. The number of aromatic nitrogens is 3. The van der Waals surface area contributed by atoms with E-state index < -0.39 is 5.82 Å². The number of hydroxylamine groups is 1. The zero-order valence-electron chi connectivity index (χ0n) is 12.9. The molecule has 2 heterocycles. The Morgan fingerprint density at radius 3 is 2.96 bits per heavy atom. The first-order valence-electron chi connectivity index (χ1n) is 7.35. The van der Waals surface area contributed by atoms with Crippen molar-refractivity contribution in [3.05, 3.63) is 46.9 Å². The maximum Gasteiger partial charge on any atom is 0.202 e. The first-order chi connectivity index (χ1) is 12.1. The van der Waals surface area contributed by atoms with Gasteiger partial charge in [0.1, 0.15) is 5.82 Å². The first-order valence-corrected chi connectivity index (χ1v) is 7.73. The van der Waals surface area contributed by atoms with Gasteiger partial charge in [-0.25, -0.2) is 14.4 Å². The molecule has 0 aliphatic carbocycles. The Hall–Kier alpha value is -2.75. The molecular formula is C15H15ClFN7O. The molecule has 3 aromatic rings. The minimum absolute atomic E-state index is 0.0618. The van der Waals surface area contributed by atoms with E-state index in [1.807, 2.05) is 5.48 Å². The standard InChI is InChI=1S/C15H15ClFN7O/c16-10-7-8(1-2-11(10)17)21-13(24-25)9-3-5-19-14-12(9)22-15(23-14)20-6-4-18/h1-3,5,7,25H,4,6,18H2,(H,21,24)(H2,19,20,22,23). The number of aliphatic imine (C=N–C) groups is 1. The molecule has 3 rings (SSSR count). The molecule has 2 aromatic heterocycles. The second-order valence-corrected chi connectivity index (χ2v) is 5.44. The van der Waals surface area contributed by atoms with E-state index in [2.05, 4.69) is 25.3 Å². The van der Waals surface area contributed by atoms with E-state index in [-0.39, 0.29) is 10.9 Å². The monoisotopic (exact) mass is 363 g/mol. The van der Waals surface area contributed by atoms with Crippen molar-refractivity contribution in [2.75, 3.05) is 18.4 Å². The third-order valence-corrected chi connectivity index (χ3v) is 3.62. The number of H-pyrrole nitrogens is 1. The number of anilines is 1. The molecule has 0 bridgehead atoms. The quantitative estimate of drug-likeness (QED) is 0.269. The fourth-order valence-corrected chi connectivity index (χ4v) is 2.39. The summed E-state index contributed by atoms with van der Waals surface area (Å²) < 4.78 is 13.3.